The van der Waals surface area contributed by atoms with Gasteiger partial charge in [-0.1, -0.05) is 313 Å². The predicted octanol–water partition coefficient (Wildman–Crippen LogP) is 24.1. The van der Waals surface area contributed by atoms with Crippen LogP contribution in [0.5, 0.6) is 0 Å². The van der Waals surface area contributed by atoms with Gasteiger partial charge in [-0.3, -0.25) is 14.4 Å². The molecule has 0 saturated carbocycles. The van der Waals surface area contributed by atoms with E-state index in [1.807, 2.05) is 0 Å². The standard InChI is InChI=1S/C73H134O6/c1-4-7-10-13-16-19-22-24-26-28-30-31-32-33-34-35-36-37-38-39-40-41-43-44-46-48-51-54-57-60-63-66-72(75)78-69-70(68-77-71(74)65-62-59-56-53-50-21-18-15-12-9-6-3)79-73(76)67-64-61-58-55-52-49-47-45-42-29-27-25-23-20-17-14-11-8-5-2/h15,17-18,20,25,27-28,30,70H,4-14,16,19,21-24,26,29,31-69H2,1-3H3/b18-15-,20-17-,27-25-,30-28-. The first-order valence-corrected chi connectivity index (χ1v) is 35.1. The maximum absolute atomic E-state index is 12.9. The van der Waals surface area contributed by atoms with Crippen LogP contribution in [0.3, 0.4) is 0 Å². The summed E-state index contributed by atoms with van der Waals surface area (Å²) in [5, 5.41) is 0. The molecule has 6 nitrogen and oxygen atoms in total. The zero-order chi connectivity index (χ0) is 57.1. The molecule has 462 valence electrons. The molecular weight excluding hydrogens is 973 g/mol. The van der Waals surface area contributed by atoms with E-state index in [1.54, 1.807) is 0 Å². The Morgan fingerprint density at radius 3 is 0.772 bits per heavy atom. The second kappa shape index (κ2) is 67.9. The number of rotatable bonds is 65. The van der Waals surface area contributed by atoms with Crippen molar-refractivity contribution in [1.29, 1.82) is 0 Å². The van der Waals surface area contributed by atoms with Gasteiger partial charge in [-0.15, -0.1) is 0 Å². The van der Waals surface area contributed by atoms with Gasteiger partial charge in [-0.05, 0) is 96.3 Å². The summed E-state index contributed by atoms with van der Waals surface area (Å²) in [6, 6.07) is 0. The van der Waals surface area contributed by atoms with Gasteiger partial charge in [0.1, 0.15) is 13.2 Å². The molecule has 0 N–H and O–H groups in total. The molecule has 1 atom stereocenters. The van der Waals surface area contributed by atoms with Gasteiger partial charge in [0.05, 0.1) is 0 Å². The Balaban J connectivity index is 4.12. The van der Waals surface area contributed by atoms with Crippen molar-refractivity contribution in [3.05, 3.63) is 48.6 Å². The number of unbranched alkanes of at least 4 members (excludes halogenated alkanes) is 46. The van der Waals surface area contributed by atoms with Gasteiger partial charge in [-0.2, -0.15) is 0 Å². The number of ether oxygens (including phenoxy) is 3. The first kappa shape index (κ1) is 76.4. The molecule has 0 rings (SSSR count). The molecule has 0 aliphatic carbocycles. The van der Waals surface area contributed by atoms with E-state index < -0.39 is 6.10 Å². The Kier molecular flexibility index (Phi) is 65.6. The quantitative estimate of drug-likeness (QED) is 0.0261. The van der Waals surface area contributed by atoms with Crippen molar-refractivity contribution in [3.8, 4) is 0 Å². The highest BCUT2D eigenvalue weighted by atomic mass is 16.6. The minimum atomic E-state index is -0.778. The van der Waals surface area contributed by atoms with Crippen LogP contribution in [0.2, 0.25) is 0 Å². The summed E-state index contributed by atoms with van der Waals surface area (Å²) in [6.45, 7) is 6.62. The van der Waals surface area contributed by atoms with Crippen molar-refractivity contribution < 1.29 is 28.6 Å². The Morgan fingerprint density at radius 1 is 0.253 bits per heavy atom. The van der Waals surface area contributed by atoms with E-state index in [0.717, 1.165) is 70.6 Å². The predicted molar refractivity (Wildman–Crippen MR) is 344 cm³/mol. The third kappa shape index (κ3) is 66.1. The summed E-state index contributed by atoms with van der Waals surface area (Å²) >= 11 is 0. The lowest BCUT2D eigenvalue weighted by molar-refractivity contribution is -0.167. The van der Waals surface area contributed by atoms with Gasteiger partial charge in [-0.25, -0.2) is 0 Å². The summed E-state index contributed by atoms with van der Waals surface area (Å²) < 4.78 is 16.9. The number of esters is 3. The minimum Gasteiger partial charge on any atom is -0.462 e. The molecular formula is C73H134O6. The molecule has 0 spiro atoms. The first-order valence-electron chi connectivity index (χ1n) is 35.1. The molecule has 0 aromatic heterocycles. The number of allylic oxidation sites excluding steroid dienone is 8. The van der Waals surface area contributed by atoms with Crippen LogP contribution < -0.4 is 0 Å². The Morgan fingerprint density at radius 2 is 0.468 bits per heavy atom. The second-order valence-corrected chi connectivity index (χ2v) is 23.8. The average Bonchev–Trinajstić information content (AvgIpc) is 3.45. The normalized spacial score (nSPS) is 12.3. The zero-order valence-corrected chi connectivity index (χ0v) is 53.2. The van der Waals surface area contributed by atoms with Crippen molar-refractivity contribution in [2.75, 3.05) is 13.2 Å². The molecule has 0 aromatic carbocycles. The topological polar surface area (TPSA) is 78.9 Å². The van der Waals surface area contributed by atoms with Gasteiger partial charge in [0, 0.05) is 19.3 Å². The van der Waals surface area contributed by atoms with E-state index in [1.165, 1.54) is 270 Å². The van der Waals surface area contributed by atoms with Crippen LogP contribution >= 0.6 is 0 Å². The van der Waals surface area contributed by atoms with Gasteiger partial charge >= 0.3 is 17.9 Å². The van der Waals surface area contributed by atoms with Crippen LogP contribution in [0.15, 0.2) is 48.6 Å². The van der Waals surface area contributed by atoms with Crippen molar-refractivity contribution >= 4 is 17.9 Å². The van der Waals surface area contributed by atoms with Crippen molar-refractivity contribution in [2.45, 2.75) is 386 Å². The van der Waals surface area contributed by atoms with Crippen LogP contribution in [0.25, 0.3) is 0 Å². The number of hydrogen-bond acceptors (Lipinski definition) is 6. The monoisotopic (exact) mass is 1110 g/mol. The molecule has 79 heavy (non-hydrogen) atoms. The van der Waals surface area contributed by atoms with Crippen LogP contribution in [0.1, 0.15) is 380 Å². The molecule has 6 heteroatoms. The van der Waals surface area contributed by atoms with Crippen LogP contribution in [0.4, 0.5) is 0 Å². The summed E-state index contributed by atoms with van der Waals surface area (Å²) in [4.78, 5) is 38.3. The smallest absolute Gasteiger partial charge is 0.306 e. The molecule has 0 aliphatic rings. The van der Waals surface area contributed by atoms with Crippen molar-refractivity contribution in [3.63, 3.8) is 0 Å². The van der Waals surface area contributed by atoms with Gasteiger partial charge < -0.3 is 14.2 Å². The van der Waals surface area contributed by atoms with Crippen LogP contribution in [-0.4, -0.2) is 37.2 Å². The Hall–Kier alpha value is -2.63. The number of hydrogen-bond donors (Lipinski definition) is 0. The summed E-state index contributed by atoms with van der Waals surface area (Å²) in [6.07, 6.45) is 85.8. The fourth-order valence-electron chi connectivity index (χ4n) is 10.5. The van der Waals surface area contributed by atoms with E-state index in [4.69, 9.17) is 14.2 Å². The van der Waals surface area contributed by atoms with Crippen LogP contribution in [0, 0.1) is 0 Å². The summed E-state index contributed by atoms with van der Waals surface area (Å²) in [5.74, 6) is -0.866. The summed E-state index contributed by atoms with van der Waals surface area (Å²) in [7, 11) is 0. The second-order valence-electron chi connectivity index (χ2n) is 23.8. The third-order valence-corrected chi connectivity index (χ3v) is 15.8. The van der Waals surface area contributed by atoms with Crippen molar-refractivity contribution in [1.82, 2.24) is 0 Å². The highest BCUT2D eigenvalue weighted by Gasteiger charge is 2.19. The third-order valence-electron chi connectivity index (χ3n) is 15.8. The van der Waals surface area contributed by atoms with Gasteiger partial charge in [0.15, 0.2) is 6.10 Å². The van der Waals surface area contributed by atoms with Crippen LogP contribution in [-0.2, 0) is 28.6 Å². The lowest BCUT2D eigenvalue weighted by Crippen LogP contribution is -2.30. The van der Waals surface area contributed by atoms with Gasteiger partial charge in [0.2, 0.25) is 0 Å². The van der Waals surface area contributed by atoms with E-state index in [0.29, 0.717) is 19.3 Å². The molecule has 0 fully saturated rings. The SMILES string of the molecule is CCCC/C=C\CCCCCCCC(=O)OCC(COC(=O)CCCCCCCCCCCCCCCCCCCCC/C=C\CCCCCCCCCC)OC(=O)CCCCCCCCCCC/C=C\C/C=C\CCCCC. The fourth-order valence-corrected chi connectivity index (χ4v) is 10.5. The number of carbonyl (C=O) groups excluding carboxylic acids is 3. The molecule has 0 radical (unpaired) electrons. The highest BCUT2D eigenvalue weighted by Crippen LogP contribution is 2.18. The lowest BCUT2D eigenvalue weighted by Gasteiger charge is -2.18. The summed E-state index contributed by atoms with van der Waals surface area (Å²) in [5.41, 5.74) is 0. The zero-order valence-electron chi connectivity index (χ0n) is 53.2. The molecule has 0 saturated heterocycles. The first-order chi connectivity index (χ1) is 39.0. The average molecular weight is 1110 g/mol. The largest absolute Gasteiger partial charge is 0.462 e. The molecule has 0 heterocycles. The molecule has 0 aromatic rings. The van der Waals surface area contributed by atoms with E-state index in [-0.39, 0.29) is 31.1 Å². The van der Waals surface area contributed by atoms with E-state index >= 15 is 0 Å². The Labute approximate surface area is 492 Å². The lowest BCUT2D eigenvalue weighted by atomic mass is 10.0. The van der Waals surface area contributed by atoms with Crippen molar-refractivity contribution in [2.24, 2.45) is 0 Å². The molecule has 0 amide bonds. The van der Waals surface area contributed by atoms with Gasteiger partial charge in [0.25, 0.3) is 0 Å². The fraction of sp³-hybridized carbons (Fsp3) is 0.849. The Bertz CT molecular complexity index is 1360. The minimum absolute atomic E-state index is 0.0738. The molecule has 0 bridgehead atoms. The van der Waals surface area contributed by atoms with E-state index in [2.05, 4.69) is 69.4 Å². The molecule has 0 aliphatic heterocycles. The maximum Gasteiger partial charge on any atom is 0.306 e. The maximum atomic E-state index is 12.9. The molecule has 1 unspecified atom stereocenters. The number of carbonyl (C=O) groups is 3. The van der Waals surface area contributed by atoms with E-state index in [9.17, 15) is 14.4 Å². The highest BCUT2D eigenvalue weighted by molar-refractivity contribution is 5.71.